The van der Waals surface area contributed by atoms with E-state index in [1.807, 2.05) is 72.8 Å². The second-order valence-corrected chi connectivity index (χ2v) is 6.72. The van der Waals surface area contributed by atoms with E-state index in [-0.39, 0.29) is 6.61 Å². The van der Waals surface area contributed by atoms with Crippen molar-refractivity contribution >= 4 is 12.0 Å². The van der Waals surface area contributed by atoms with Crippen LogP contribution in [0.15, 0.2) is 84.9 Å². The molecule has 0 aliphatic carbocycles. The lowest BCUT2D eigenvalue weighted by Gasteiger charge is -2.10. The van der Waals surface area contributed by atoms with Crippen LogP contribution < -0.4 is 9.47 Å². The number of esters is 1. The number of methoxy groups -OCH3 is 1. The summed E-state index contributed by atoms with van der Waals surface area (Å²) in [5, 5.41) is 0. The maximum atomic E-state index is 11.9. The van der Waals surface area contributed by atoms with Crippen LogP contribution in [0.3, 0.4) is 0 Å². The molecule has 31 heavy (non-hydrogen) atoms. The highest BCUT2D eigenvalue weighted by atomic mass is 16.6. The van der Waals surface area contributed by atoms with Crippen molar-refractivity contribution in [1.82, 2.24) is 0 Å². The lowest BCUT2D eigenvalue weighted by molar-refractivity contribution is -0.139. The minimum atomic E-state index is -0.435. The number of hydrogen-bond acceptors (Lipinski definition) is 5. The van der Waals surface area contributed by atoms with E-state index in [1.165, 1.54) is 6.08 Å². The fourth-order valence-electron chi connectivity index (χ4n) is 2.83. The molecule has 5 heteroatoms. The van der Waals surface area contributed by atoms with E-state index in [4.69, 9.17) is 18.9 Å². The molecule has 160 valence electrons. The van der Waals surface area contributed by atoms with Crippen LogP contribution in [0.25, 0.3) is 6.08 Å². The number of hydrogen-bond donors (Lipinski definition) is 0. The normalized spacial score (nSPS) is 10.7. The molecule has 0 bridgehead atoms. The topological polar surface area (TPSA) is 54.0 Å². The van der Waals surface area contributed by atoms with E-state index >= 15 is 0 Å². The number of rotatable bonds is 11. The van der Waals surface area contributed by atoms with Crippen LogP contribution in [0, 0.1) is 0 Å². The van der Waals surface area contributed by atoms with Gasteiger partial charge in [0.05, 0.1) is 20.3 Å². The molecule has 0 aliphatic heterocycles. The Bertz CT molecular complexity index is 968. The largest absolute Gasteiger partial charge is 0.496 e. The monoisotopic (exact) mass is 418 g/mol. The summed E-state index contributed by atoms with van der Waals surface area (Å²) in [7, 11) is 1.58. The summed E-state index contributed by atoms with van der Waals surface area (Å²) in [5.41, 5.74) is 2.92. The highest BCUT2D eigenvalue weighted by Crippen LogP contribution is 2.26. The molecule has 0 aliphatic rings. The molecule has 0 amide bonds. The molecule has 0 aromatic heterocycles. The molecular formula is C26H26O5. The van der Waals surface area contributed by atoms with Crippen LogP contribution in [0.2, 0.25) is 0 Å². The van der Waals surface area contributed by atoms with Crippen molar-refractivity contribution in [2.75, 3.05) is 20.3 Å². The van der Waals surface area contributed by atoms with Gasteiger partial charge in [-0.2, -0.15) is 0 Å². The number of carbonyl (C=O) groups is 1. The molecule has 3 rings (SSSR count). The molecule has 0 saturated heterocycles. The Kier molecular flexibility index (Phi) is 8.71. The lowest BCUT2D eigenvalue weighted by Crippen LogP contribution is -2.08. The van der Waals surface area contributed by atoms with Crippen molar-refractivity contribution in [2.24, 2.45) is 0 Å². The van der Waals surface area contributed by atoms with Crippen LogP contribution in [-0.2, 0) is 27.5 Å². The molecule has 5 nitrogen and oxygen atoms in total. The predicted molar refractivity (Wildman–Crippen MR) is 120 cm³/mol. The van der Waals surface area contributed by atoms with Gasteiger partial charge < -0.3 is 18.9 Å². The zero-order valence-electron chi connectivity index (χ0n) is 17.5. The third-order valence-electron chi connectivity index (χ3n) is 4.44. The van der Waals surface area contributed by atoms with Crippen LogP contribution in [-0.4, -0.2) is 26.3 Å². The summed E-state index contributed by atoms with van der Waals surface area (Å²) in [5.74, 6) is 0.867. The predicted octanol–water partition coefficient (Wildman–Crippen LogP) is 5.05. The van der Waals surface area contributed by atoms with E-state index in [1.54, 1.807) is 19.3 Å². The first-order chi connectivity index (χ1) is 15.2. The van der Waals surface area contributed by atoms with Gasteiger partial charge in [0.25, 0.3) is 0 Å². The quantitative estimate of drug-likeness (QED) is 0.248. The van der Waals surface area contributed by atoms with Gasteiger partial charge in [-0.1, -0.05) is 60.7 Å². The van der Waals surface area contributed by atoms with E-state index in [0.717, 1.165) is 16.7 Å². The Morgan fingerprint density at radius 1 is 0.839 bits per heavy atom. The third-order valence-corrected chi connectivity index (χ3v) is 4.44. The zero-order chi connectivity index (χ0) is 21.7. The van der Waals surface area contributed by atoms with E-state index < -0.39 is 5.97 Å². The second kappa shape index (κ2) is 12.2. The summed E-state index contributed by atoms with van der Waals surface area (Å²) in [6.07, 6.45) is 3.03. The number of ether oxygens (including phenoxy) is 4. The molecule has 0 saturated carbocycles. The fourth-order valence-corrected chi connectivity index (χ4v) is 2.83. The highest BCUT2D eigenvalue weighted by molar-refractivity contribution is 5.87. The molecule has 0 radical (unpaired) electrons. The lowest BCUT2D eigenvalue weighted by atomic mass is 10.1. The van der Waals surface area contributed by atoms with Crippen LogP contribution in [0.5, 0.6) is 11.5 Å². The van der Waals surface area contributed by atoms with Gasteiger partial charge in [-0.15, -0.1) is 0 Å². The molecule has 0 heterocycles. The SMILES string of the molecule is COc1cc(OCc2ccccc2)ccc1/C=C/C(=O)OCCOCc1ccccc1. The van der Waals surface area contributed by atoms with Gasteiger partial charge in [-0.3, -0.25) is 0 Å². The van der Waals surface area contributed by atoms with Crippen molar-refractivity contribution in [3.8, 4) is 11.5 Å². The summed E-state index contributed by atoms with van der Waals surface area (Å²) in [4.78, 5) is 11.9. The minimum Gasteiger partial charge on any atom is -0.496 e. The summed E-state index contributed by atoms with van der Waals surface area (Å²) in [6.45, 7) is 1.49. The van der Waals surface area contributed by atoms with Crippen molar-refractivity contribution in [1.29, 1.82) is 0 Å². The second-order valence-electron chi connectivity index (χ2n) is 6.72. The van der Waals surface area contributed by atoms with Gasteiger partial charge in [0, 0.05) is 17.7 Å². The maximum absolute atomic E-state index is 11.9. The van der Waals surface area contributed by atoms with Crippen molar-refractivity contribution in [3.05, 3.63) is 102 Å². The van der Waals surface area contributed by atoms with Gasteiger partial charge in [-0.25, -0.2) is 4.79 Å². The van der Waals surface area contributed by atoms with Crippen LogP contribution in [0.4, 0.5) is 0 Å². The molecular weight excluding hydrogens is 392 g/mol. The van der Waals surface area contributed by atoms with E-state index in [0.29, 0.717) is 31.3 Å². The standard InChI is InChI=1S/C26H26O5/c1-28-25-18-24(31-20-22-10-6-3-7-11-22)14-12-23(25)13-15-26(27)30-17-16-29-19-21-8-4-2-5-9-21/h2-15,18H,16-17,19-20H2,1H3/b15-13+. The minimum absolute atomic E-state index is 0.194. The Labute approximate surface area is 182 Å². The summed E-state index contributed by atoms with van der Waals surface area (Å²) >= 11 is 0. The van der Waals surface area contributed by atoms with Gasteiger partial charge in [0.2, 0.25) is 0 Å². The zero-order valence-corrected chi connectivity index (χ0v) is 17.5. The molecule has 0 unspecified atom stereocenters. The molecule has 0 N–H and O–H groups in total. The van der Waals surface area contributed by atoms with Crippen LogP contribution >= 0.6 is 0 Å². The Morgan fingerprint density at radius 3 is 2.19 bits per heavy atom. The molecule has 0 atom stereocenters. The van der Waals surface area contributed by atoms with Gasteiger partial charge in [0.1, 0.15) is 24.7 Å². The van der Waals surface area contributed by atoms with E-state index in [2.05, 4.69) is 0 Å². The van der Waals surface area contributed by atoms with Gasteiger partial charge >= 0.3 is 5.97 Å². The number of benzene rings is 3. The molecule has 3 aromatic rings. The molecule has 0 fully saturated rings. The average molecular weight is 418 g/mol. The summed E-state index contributed by atoms with van der Waals surface area (Å²) in [6, 6.07) is 25.3. The maximum Gasteiger partial charge on any atom is 0.330 e. The number of carbonyl (C=O) groups excluding carboxylic acids is 1. The Morgan fingerprint density at radius 2 is 1.52 bits per heavy atom. The highest BCUT2D eigenvalue weighted by Gasteiger charge is 2.05. The van der Waals surface area contributed by atoms with Crippen molar-refractivity contribution in [3.63, 3.8) is 0 Å². The van der Waals surface area contributed by atoms with Gasteiger partial charge in [0.15, 0.2) is 0 Å². The van der Waals surface area contributed by atoms with E-state index in [9.17, 15) is 4.79 Å². The summed E-state index contributed by atoms with van der Waals surface area (Å²) < 4.78 is 21.9. The van der Waals surface area contributed by atoms with Crippen LogP contribution in [0.1, 0.15) is 16.7 Å². The average Bonchev–Trinajstić information content (AvgIpc) is 2.82. The third kappa shape index (κ3) is 7.64. The first-order valence-electron chi connectivity index (χ1n) is 10.1. The Hall–Kier alpha value is -3.57. The first-order valence-corrected chi connectivity index (χ1v) is 10.1. The van der Waals surface area contributed by atoms with Crippen molar-refractivity contribution in [2.45, 2.75) is 13.2 Å². The smallest absolute Gasteiger partial charge is 0.330 e. The fraction of sp³-hybridized carbons (Fsp3) is 0.192. The molecule has 3 aromatic carbocycles. The first kappa shape index (κ1) is 22.1. The van der Waals surface area contributed by atoms with Gasteiger partial charge in [-0.05, 0) is 29.3 Å². The Balaban J connectivity index is 1.43. The van der Waals surface area contributed by atoms with Crippen molar-refractivity contribution < 1.29 is 23.7 Å². The molecule has 0 spiro atoms.